The van der Waals surface area contributed by atoms with Crippen molar-refractivity contribution in [2.45, 2.75) is 18.9 Å². The van der Waals surface area contributed by atoms with E-state index in [1.165, 1.54) is 6.42 Å². The largest absolute Gasteiger partial charge is 0.309 e. The van der Waals surface area contributed by atoms with Gasteiger partial charge in [-0.05, 0) is 35.3 Å². The Labute approximate surface area is 95.9 Å². The van der Waals surface area contributed by atoms with Gasteiger partial charge in [0.1, 0.15) is 4.60 Å². The van der Waals surface area contributed by atoms with Crippen LogP contribution < -0.4 is 5.32 Å². The predicted molar refractivity (Wildman–Crippen MR) is 60.7 cm³/mol. The maximum absolute atomic E-state index is 4.59. The van der Waals surface area contributed by atoms with Gasteiger partial charge in [0, 0.05) is 12.4 Å². The van der Waals surface area contributed by atoms with Crippen LogP contribution in [0.5, 0.6) is 0 Å². The first-order valence-electron chi connectivity index (χ1n) is 5.07. The lowest BCUT2D eigenvalue weighted by Crippen LogP contribution is -2.13. The summed E-state index contributed by atoms with van der Waals surface area (Å²) in [5, 5.41) is 3.45. The van der Waals surface area contributed by atoms with Crippen molar-refractivity contribution in [1.82, 2.24) is 19.7 Å². The number of imidazole rings is 1. The zero-order valence-electron chi connectivity index (χ0n) is 8.15. The van der Waals surface area contributed by atoms with Gasteiger partial charge in [0.15, 0.2) is 5.65 Å². The molecule has 5 heteroatoms. The molecule has 4 nitrogen and oxygen atoms in total. The molecule has 1 aliphatic rings. The van der Waals surface area contributed by atoms with E-state index < -0.39 is 0 Å². The Morgan fingerprint density at radius 3 is 3.20 bits per heavy atom. The highest BCUT2D eigenvalue weighted by Crippen LogP contribution is 2.29. The van der Waals surface area contributed by atoms with Gasteiger partial charge >= 0.3 is 0 Å². The number of fused-ring (bicyclic) bond motifs is 1. The fourth-order valence-electron chi connectivity index (χ4n) is 2.03. The minimum absolute atomic E-state index is 0.388. The van der Waals surface area contributed by atoms with Crippen LogP contribution in [0.2, 0.25) is 0 Å². The van der Waals surface area contributed by atoms with Crippen LogP contribution in [0, 0.1) is 0 Å². The van der Waals surface area contributed by atoms with Crippen molar-refractivity contribution in [3.8, 4) is 0 Å². The first kappa shape index (κ1) is 9.30. The maximum atomic E-state index is 4.59. The monoisotopic (exact) mass is 266 g/mol. The van der Waals surface area contributed by atoms with Crippen LogP contribution >= 0.6 is 15.9 Å². The van der Waals surface area contributed by atoms with Crippen LogP contribution in [0.3, 0.4) is 0 Å². The second-order valence-corrected chi connectivity index (χ2v) is 4.49. The third kappa shape index (κ3) is 1.46. The third-order valence-electron chi connectivity index (χ3n) is 2.79. The lowest BCUT2D eigenvalue weighted by Gasteiger charge is -2.06. The standard InChI is InChI=1S/C10H11BrN4/c11-10-9(7-2-1-3-13-7)14-8-6-12-4-5-15(8)10/h4-7,13H,1-3H2. The summed E-state index contributed by atoms with van der Waals surface area (Å²) in [5.41, 5.74) is 1.99. The van der Waals surface area contributed by atoms with Crippen LogP contribution in [0.15, 0.2) is 23.2 Å². The molecule has 3 rings (SSSR count). The highest BCUT2D eigenvalue weighted by molar-refractivity contribution is 9.10. The van der Waals surface area contributed by atoms with E-state index in [9.17, 15) is 0 Å². The Balaban J connectivity index is 2.14. The van der Waals surface area contributed by atoms with E-state index in [1.807, 2.05) is 10.6 Å². The summed E-state index contributed by atoms with van der Waals surface area (Å²) in [7, 11) is 0. The normalized spacial score (nSPS) is 21.3. The van der Waals surface area contributed by atoms with Crippen LogP contribution in [-0.2, 0) is 0 Å². The molecule has 0 spiro atoms. The van der Waals surface area contributed by atoms with Gasteiger partial charge in [-0.3, -0.25) is 9.38 Å². The lowest BCUT2D eigenvalue weighted by molar-refractivity contribution is 0.628. The molecule has 1 unspecified atom stereocenters. The molecule has 2 aromatic rings. The second kappa shape index (κ2) is 3.57. The van der Waals surface area contributed by atoms with Gasteiger partial charge < -0.3 is 5.32 Å². The molecule has 78 valence electrons. The molecule has 0 radical (unpaired) electrons. The molecule has 1 saturated heterocycles. The van der Waals surface area contributed by atoms with Gasteiger partial charge in [-0.2, -0.15) is 0 Å². The van der Waals surface area contributed by atoms with Gasteiger partial charge in [0.05, 0.1) is 17.9 Å². The van der Waals surface area contributed by atoms with Crippen molar-refractivity contribution in [3.63, 3.8) is 0 Å². The molecule has 0 aromatic carbocycles. The fourth-order valence-corrected chi connectivity index (χ4v) is 2.70. The number of hydrogen-bond donors (Lipinski definition) is 1. The summed E-state index contributed by atoms with van der Waals surface area (Å²) >= 11 is 3.59. The highest BCUT2D eigenvalue weighted by atomic mass is 79.9. The van der Waals surface area contributed by atoms with Crippen molar-refractivity contribution in [1.29, 1.82) is 0 Å². The van der Waals surface area contributed by atoms with Gasteiger partial charge in [-0.1, -0.05) is 0 Å². The topological polar surface area (TPSA) is 42.2 Å². The zero-order chi connectivity index (χ0) is 10.3. The van der Waals surface area contributed by atoms with Crippen molar-refractivity contribution in [3.05, 3.63) is 28.9 Å². The maximum Gasteiger partial charge on any atom is 0.156 e. The van der Waals surface area contributed by atoms with E-state index in [1.54, 1.807) is 12.4 Å². The summed E-state index contributed by atoms with van der Waals surface area (Å²) < 4.78 is 3.06. The molecule has 0 aliphatic carbocycles. The number of nitrogens with zero attached hydrogens (tertiary/aromatic N) is 3. The van der Waals surface area contributed by atoms with Crippen LogP contribution in [0.1, 0.15) is 24.6 Å². The quantitative estimate of drug-likeness (QED) is 0.858. The molecule has 1 atom stereocenters. The predicted octanol–water partition coefficient (Wildman–Crippen LogP) is 1.92. The molecule has 1 fully saturated rings. The first-order chi connectivity index (χ1) is 7.36. The Morgan fingerprint density at radius 1 is 1.53 bits per heavy atom. The van der Waals surface area contributed by atoms with Crippen molar-refractivity contribution >= 4 is 21.6 Å². The van der Waals surface area contributed by atoms with Crippen molar-refractivity contribution in [2.75, 3.05) is 6.54 Å². The molecule has 3 heterocycles. The van der Waals surface area contributed by atoms with Crippen LogP contribution in [-0.4, -0.2) is 20.9 Å². The average Bonchev–Trinajstić information content (AvgIpc) is 2.87. The van der Waals surface area contributed by atoms with Gasteiger partial charge in [0.2, 0.25) is 0 Å². The van der Waals surface area contributed by atoms with Crippen molar-refractivity contribution < 1.29 is 0 Å². The summed E-state index contributed by atoms with van der Waals surface area (Å²) in [4.78, 5) is 8.65. The fraction of sp³-hybridized carbons (Fsp3) is 0.400. The van der Waals surface area contributed by atoms with Gasteiger partial charge in [-0.15, -0.1) is 0 Å². The number of halogens is 1. The van der Waals surface area contributed by atoms with E-state index in [2.05, 4.69) is 31.2 Å². The van der Waals surface area contributed by atoms with Crippen LogP contribution in [0.4, 0.5) is 0 Å². The lowest BCUT2D eigenvalue weighted by atomic mass is 10.2. The molecule has 2 aromatic heterocycles. The van der Waals surface area contributed by atoms with Crippen LogP contribution in [0.25, 0.3) is 5.65 Å². The smallest absolute Gasteiger partial charge is 0.156 e. The van der Waals surface area contributed by atoms with E-state index in [0.29, 0.717) is 6.04 Å². The van der Waals surface area contributed by atoms with Crippen molar-refractivity contribution in [2.24, 2.45) is 0 Å². The van der Waals surface area contributed by atoms with E-state index in [0.717, 1.165) is 28.9 Å². The summed E-state index contributed by atoms with van der Waals surface area (Å²) in [6.07, 6.45) is 7.86. The molecule has 1 N–H and O–H groups in total. The van der Waals surface area contributed by atoms with Gasteiger partial charge in [-0.25, -0.2) is 4.98 Å². The first-order valence-corrected chi connectivity index (χ1v) is 5.86. The van der Waals surface area contributed by atoms with E-state index in [4.69, 9.17) is 0 Å². The molecular weight excluding hydrogens is 256 g/mol. The average molecular weight is 267 g/mol. The number of nitrogens with one attached hydrogen (secondary N) is 1. The summed E-state index contributed by atoms with van der Waals surface area (Å²) in [5.74, 6) is 0. The van der Waals surface area contributed by atoms with Gasteiger partial charge in [0.25, 0.3) is 0 Å². The molecule has 0 bridgehead atoms. The third-order valence-corrected chi connectivity index (χ3v) is 3.58. The number of aromatic nitrogens is 3. The molecule has 15 heavy (non-hydrogen) atoms. The second-order valence-electron chi connectivity index (χ2n) is 3.74. The van der Waals surface area contributed by atoms with E-state index in [-0.39, 0.29) is 0 Å². The molecular formula is C10H11BrN4. The Morgan fingerprint density at radius 2 is 2.47 bits per heavy atom. The SMILES string of the molecule is Brc1c(C2CCCN2)nc2cnccn12. The number of hydrogen-bond acceptors (Lipinski definition) is 3. The molecule has 0 amide bonds. The Kier molecular flexibility index (Phi) is 2.21. The molecule has 0 saturated carbocycles. The Hall–Kier alpha value is -0.940. The zero-order valence-corrected chi connectivity index (χ0v) is 9.74. The van der Waals surface area contributed by atoms with E-state index >= 15 is 0 Å². The highest BCUT2D eigenvalue weighted by Gasteiger charge is 2.22. The summed E-state index contributed by atoms with van der Waals surface area (Å²) in [6.45, 7) is 1.09. The summed E-state index contributed by atoms with van der Waals surface area (Å²) in [6, 6.07) is 0.388. The number of rotatable bonds is 1. The minimum atomic E-state index is 0.388. The Bertz CT molecular complexity index is 487. The minimum Gasteiger partial charge on any atom is -0.309 e. The molecule has 1 aliphatic heterocycles.